The van der Waals surface area contributed by atoms with Crippen molar-refractivity contribution in [1.82, 2.24) is 9.88 Å². The van der Waals surface area contributed by atoms with E-state index in [4.69, 9.17) is 33.3 Å². The Labute approximate surface area is 383 Å². The van der Waals surface area contributed by atoms with E-state index in [2.05, 4.69) is 22.8 Å². The maximum Gasteiger partial charge on any atom is 0.416 e. The van der Waals surface area contributed by atoms with Crippen molar-refractivity contribution in [1.29, 1.82) is 0 Å². The number of hydrogen-bond donors (Lipinski definition) is 2. The van der Waals surface area contributed by atoms with E-state index in [1.165, 1.54) is 31.4 Å². The van der Waals surface area contributed by atoms with Crippen LogP contribution in [-0.2, 0) is 22.7 Å². The molecule has 8 rings (SSSR count). The fraction of sp³-hybridized carbons (Fsp3) is 0.420. The Morgan fingerprint density at radius 2 is 1.74 bits per heavy atom. The normalized spacial score (nSPS) is 22.9. The monoisotopic (exact) mass is 904 g/mol. The third kappa shape index (κ3) is 9.71. The molecule has 2 aliphatic carbocycles. The van der Waals surface area contributed by atoms with Gasteiger partial charge in [0.2, 0.25) is 12.6 Å². The molecule has 16 heteroatoms. The zero-order valence-electron chi connectivity index (χ0n) is 37.2. The summed E-state index contributed by atoms with van der Waals surface area (Å²) in [5.41, 5.74) is 4.56. The molecule has 1 aromatic heterocycles. The van der Waals surface area contributed by atoms with Crippen LogP contribution < -0.4 is 23.7 Å². The summed E-state index contributed by atoms with van der Waals surface area (Å²) in [7, 11) is 1.49. The quantitative estimate of drug-likeness (QED) is 0.0371. The predicted molar refractivity (Wildman–Crippen MR) is 243 cm³/mol. The summed E-state index contributed by atoms with van der Waals surface area (Å²) in [5, 5.41) is 36.1. The van der Waals surface area contributed by atoms with Gasteiger partial charge in [-0.05, 0) is 110 Å². The van der Waals surface area contributed by atoms with Crippen molar-refractivity contribution in [2.24, 2.45) is 22.9 Å². The van der Waals surface area contributed by atoms with Crippen molar-refractivity contribution >= 4 is 17.5 Å². The molecule has 2 aliphatic heterocycles. The zero-order valence-corrected chi connectivity index (χ0v) is 37.2. The number of ether oxygens (including phenoxy) is 6. The molecule has 3 heterocycles. The molecule has 348 valence electrons. The lowest BCUT2D eigenvalue weighted by atomic mass is 9.55. The summed E-state index contributed by atoms with van der Waals surface area (Å²) in [6.45, 7) is 6.42. The highest BCUT2D eigenvalue weighted by molar-refractivity contribution is 6.03. The number of nitro benzene ring substituents is 1. The number of non-ortho nitro benzene ring substituents is 1. The lowest BCUT2D eigenvalue weighted by Gasteiger charge is -2.59. The third-order valence-electron chi connectivity index (χ3n) is 12.8. The molecule has 6 atom stereocenters. The molecule has 66 heavy (non-hydrogen) atoms. The number of benzene rings is 3. The van der Waals surface area contributed by atoms with E-state index in [-0.39, 0.29) is 75.4 Å². The summed E-state index contributed by atoms with van der Waals surface area (Å²) in [6.07, 6.45) is 7.55. The van der Waals surface area contributed by atoms with Crippen LogP contribution in [0.2, 0.25) is 0 Å². The number of aryl methyl sites for hydroxylation is 1. The number of allylic oxidation sites excluding steroid dienone is 1. The van der Waals surface area contributed by atoms with Gasteiger partial charge in [-0.2, -0.15) is 0 Å². The molecule has 3 aromatic carbocycles. The molecule has 1 amide bonds. The number of nitrogens with zero attached hydrogens (tertiary/aromatic N) is 4. The van der Waals surface area contributed by atoms with Crippen LogP contribution >= 0.6 is 0 Å². The summed E-state index contributed by atoms with van der Waals surface area (Å²) in [6, 6.07) is 21.4. The Balaban J connectivity index is 1.30. The second kappa shape index (κ2) is 20.8. The lowest BCUT2D eigenvalue weighted by Crippen LogP contribution is -2.70. The molecule has 16 nitrogen and oxygen atoms in total. The number of oxime groups is 1. The minimum Gasteiger partial charge on any atom is -0.487 e. The number of nitro groups is 1. The highest BCUT2D eigenvalue weighted by Gasteiger charge is 2.65. The van der Waals surface area contributed by atoms with E-state index in [1.807, 2.05) is 55.5 Å². The van der Waals surface area contributed by atoms with Gasteiger partial charge < -0.3 is 43.5 Å². The van der Waals surface area contributed by atoms with Gasteiger partial charge in [-0.15, -0.1) is 6.58 Å². The maximum atomic E-state index is 15.0. The Morgan fingerprint density at radius 3 is 2.48 bits per heavy atom. The van der Waals surface area contributed by atoms with Crippen LogP contribution in [0.4, 0.5) is 10.5 Å². The number of carbonyl (C=O) groups excluding carboxylic acids is 1. The smallest absolute Gasteiger partial charge is 0.416 e. The van der Waals surface area contributed by atoms with Gasteiger partial charge in [0, 0.05) is 55.5 Å². The van der Waals surface area contributed by atoms with Crippen LogP contribution in [0.3, 0.4) is 0 Å². The summed E-state index contributed by atoms with van der Waals surface area (Å²) >= 11 is 0. The first-order chi connectivity index (χ1) is 32.2. The average Bonchev–Trinajstić information content (AvgIpc) is 3.79. The molecular formula is C50H56N4O12. The van der Waals surface area contributed by atoms with E-state index in [0.717, 1.165) is 48.2 Å². The van der Waals surface area contributed by atoms with E-state index >= 15 is 4.79 Å². The molecular weight excluding hydrogens is 849 g/mol. The fourth-order valence-corrected chi connectivity index (χ4v) is 10.0. The molecule has 1 saturated carbocycles. The van der Waals surface area contributed by atoms with E-state index in [1.54, 1.807) is 17.0 Å². The average molecular weight is 905 g/mol. The van der Waals surface area contributed by atoms with E-state index in [9.17, 15) is 20.3 Å². The molecule has 2 N–H and O–H groups in total. The molecule has 0 bridgehead atoms. The molecule has 0 radical (unpaired) electrons. The van der Waals surface area contributed by atoms with Gasteiger partial charge in [0.25, 0.3) is 5.69 Å². The summed E-state index contributed by atoms with van der Waals surface area (Å²) in [5.74, 6) is -0.131. The Morgan fingerprint density at radius 1 is 0.985 bits per heavy atom. The summed E-state index contributed by atoms with van der Waals surface area (Å²) in [4.78, 5) is 37.8. The van der Waals surface area contributed by atoms with E-state index < -0.39 is 28.8 Å². The van der Waals surface area contributed by atoms with Crippen LogP contribution in [0.5, 0.6) is 28.7 Å². The van der Waals surface area contributed by atoms with Gasteiger partial charge in [0.05, 0.1) is 28.9 Å². The van der Waals surface area contributed by atoms with Gasteiger partial charge in [-0.3, -0.25) is 20.0 Å². The Hall–Kier alpha value is -6.49. The van der Waals surface area contributed by atoms with Crippen LogP contribution in [0, 0.1) is 34.8 Å². The number of fused-ring (bicyclic) bond motifs is 3. The number of unbranched alkanes of at least 4 members (excludes halogenated alkanes) is 2. The number of rotatable bonds is 20. The van der Waals surface area contributed by atoms with Crippen LogP contribution in [0.1, 0.15) is 73.4 Å². The minimum absolute atomic E-state index is 0.0112. The molecule has 1 fully saturated rings. The topological polar surface area (TPSA) is 194 Å². The molecule has 0 saturated heterocycles. The number of aliphatic hydroxyl groups is 2. The highest BCUT2D eigenvalue weighted by atomic mass is 16.7. The number of hydrogen-bond acceptors (Lipinski definition) is 14. The van der Waals surface area contributed by atoms with Crippen LogP contribution in [0.15, 0.2) is 108 Å². The second-order valence-electron chi connectivity index (χ2n) is 16.9. The van der Waals surface area contributed by atoms with E-state index in [0.29, 0.717) is 47.1 Å². The molecule has 6 unspecified atom stereocenters. The van der Waals surface area contributed by atoms with Gasteiger partial charge in [0.1, 0.15) is 37.0 Å². The first-order valence-electron chi connectivity index (χ1n) is 22.4. The lowest BCUT2D eigenvalue weighted by molar-refractivity contribution is -0.384. The van der Waals surface area contributed by atoms with Crippen LogP contribution in [0.25, 0.3) is 0 Å². The first-order valence-corrected chi connectivity index (χ1v) is 22.4. The largest absolute Gasteiger partial charge is 0.487 e. The van der Waals surface area contributed by atoms with Crippen molar-refractivity contribution in [3.8, 4) is 28.7 Å². The van der Waals surface area contributed by atoms with Crippen molar-refractivity contribution in [2.75, 3.05) is 33.7 Å². The number of pyridine rings is 1. The fourth-order valence-electron chi connectivity index (χ4n) is 10.0. The number of carbonyl (C=O) groups is 1. The van der Waals surface area contributed by atoms with Crippen molar-refractivity contribution in [2.45, 2.75) is 82.8 Å². The van der Waals surface area contributed by atoms with Crippen molar-refractivity contribution in [3.63, 3.8) is 0 Å². The predicted octanol–water partition coefficient (Wildman–Crippen LogP) is 8.57. The second-order valence-corrected chi connectivity index (χ2v) is 16.9. The van der Waals surface area contributed by atoms with Crippen molar-refractivity contribution < 1.29 is 53.2 Å². The van der Waals surface area contributed by atoms with Gasteiger partial charge in [0.15, 0.2) is 11.5 Å². The van der Waals surface area contributed by atoms with Gasteiger partial charge >= 0.3 is 6.09 Å². The third-order valence-corrected chi connectivity index (χ3v) is 12.8. The number of aromatic nitrogens is 1. The highest BCUT2D eigenvalue weighted by Crippen LogP contribution is 2.62. The molecule has 0 spiro atoms. The van der Waals surface area contributed by atoms with Gasteiger partial charge in [-0.1, -0.05) is 42.3 Å². The molecule has 4 aliphatic rings. The maximum absolute atomic E-state index is 15.0. The standard InChI is InChI=1S/C50H56N4O12/c1-4-24-64-50-46(53(29-33-14-20-44-45(25-33)63-31-62-44)49(57)65-37-17-15-36(16-18-37)54(58)59)28-42(52-60-3)40-26-34(11-5-7-22-55)39(13-6-8-23-56)47(48(40)50)41-27-38(19-21-43(41)66-50)61-30-35-12-9-10-32(2)51-35/h4,9-10,12,14-21,25-27,34,39,46-48,55-56H,1,5-8,11,13,22-24,28-31H2,2-3H3. The Bertz CT molecular complexity index is 2440. The SMILES string of the molecule is C=CCOC12Oc3ccc(OCc4cccc(C)n4)cc3C3C(CCCCO)C(CCCCO)C=C(C(=NOC)CC1N(Cc1ccc4c(c1)OCO4)C(=O)Oc1ccc([N+](=O)[O-])cc1)C32. The van der Waals surface area contributed by atoms with Crippen molar-refractivity contribution in [3.05, 3.63) is 136 Å². The number of aliphatic hydroxyl groups excluding tert-OH is 2. The first kappa shape index (κ1) is 46.1. The van der Waals surface area contributed by atoms with Gasteiger partial charge in [-0.25, -0.2) is 4.79 Å². The number of amides is 1. The minimum atomic E-state index is -1.59. The van der Waals surface area contributed by atoms with Crippen LogP contribution in [-0.4, -0.2) is 82.4 Å². The zero-order chi connectivity index (χ0) is 46.2. The Kier molecular flexibility index (Phi) is 14.5. The summed E-state index contributed by atoms with van der Waals surface area (Å²) < 4.78 is 38.3. The molecule has 4 aromatic rings.